The second-order valence-corrected chi connectivity index (χ2v) is 8.74. The molecule has 0 saturated carbocycles. The molecule has 0 aromatic heterocycles. The molecule has 0 aliphatic carbocycles. The van der Waals surface area contributed by atoms with Gasteiger partial charge in [0.2, 0.25) is 5.91 Å². The van der Waals surface area contributed by atoms with Crippen LogP contribution in [0.15, 0.2) is 24.3 Å². The van der Waals surface area contributed by atoms with Gasteiger partial charge in [-0.1, -0.05) is 24.3 Å². The van der Waals surface area contributed by atoms with Gasteiger partial charge in [0.25, 0.3) is 0 Å². The molecule has 1 unspecified atom stereocenters. The van der Waals surface area contributed by atoms with Crippen molar-refractivity contribution in [3.05, 3.63) is 35.4 Å². The molecule has 1 aromatic carbocycles. The average Bonchev–Trinajstić information content (AvgIpc) is 3.04. The first-order chi connectivity index (χ1) is 11.6. The van der Waals surface area contributed by atoms with Gasteiger partial charge in [0.15, 0.2) is 0 Å². The second kappa shape index (κ2) is 7.89. The molecule has 0 bridgehead atoms. The summed E-state index contributed by atoms with van der Waals surface area (Å²) in [6.45, 7) is 5.44. The Bertz CT molecular complexity index is 564. The summed E-state index contributed by atoms with van der Waals surface area (Å²) in [5.41, 5.74) is 2.47. The summed E-state index contributed by atoms with van der Waals surface area (Å²) in [7, 11) is 0. The number of thioether (sulfide) groups is 1. The van der Waals surface area contributed by atoms with Gasteiger partial charge in [0, 0.05) is 26.2 Å². The second-order valence-electron chi connectivity index (χ2n) is 7.14. The highest BCUT2D eigenvalue weighted by Crippen LogP contribution is 2.37. The van der Waals surface area contributed by atoms with Gasteiger partial charge in [0.05, 0.1) is 10.9 Å². The van der Waals surface area contributed by atoms with Crippen molar-refractivity contribution in [1.29, 1.82) is 0 Å². The number of hydrogen-bond donors (Lipinski definition) is 2. The first-order valence-corrected chi connectivity index (χ1v) is 9.95. The summed E-state index contributed by atoms with van der Waals surface area (Å²) in [5, 5.41) is 12.8. The third-order valence-corrected chi connectivity index (χ3v) is 6.73. The van der Waals surface area contributed by atoms with Crippen molar-refractivity contribution in [2.75, 3.05) is 18.8 Å². The standard InChI is InChI=1S/C19H28N2O2S/c1-19(9-4-12-24-19)18(23)20-13-15-5-2-3-6-16(15)14-21-10-7-17(22)8-11-21/h2-3,5-6,17,22H,4,7-14H2,1H3,(H,20,23). The van der Waals surface area contributed by atoms with E-state index in [0.29, 0.717) is 6.54 Å². The third-order valence-electron chi connectivity index (χ3n) is 5.21. The van der Waals surface area contributed by atoms with E-state index in [0.717, 1.165) is 51.1 Å². The van der Waals surface area contributed by atoms with Crippen molar-refractivity contribution in [2.24, 2.45) is 0 Å². The van der Waals surface area contributed by atoms with E-state index in [9.17, 15) is 9.90 Å². The van der Waals surface area contributed by atoms with Crippen LogP contribution in [0.5, 0.6) is 0 Å². The van der Waals surface area contributed by atoms with E-state index in [1.165, 1.54) is 11.1 Å². The fourth-order valence-electron chi connectivity index (χ4n) is 3.52. The molecule has 4 nitrogen and oxygen atoms in total. The highest BCUT2D eigenvalue weighted by Gasteiger charge is 2.36. The van der Waals surface area contributed by atoms with Crippen LogP contribution in [0, 0.1) is 0 Å². The summed E-state index contributed by atoms with van der Waals surface area (Å²) in [5.74, 6) is 1.25. The summed E-state index contributed by atoms with van der Waals surface area (Å²) in [4.78, 5) is 14.9. The van der Waals surface area contributed by atoms with Crippen molar-refractivity contribution in [3.8, 4) is 0 Å². The Labute approximate surface area is 149 Å². The number of piperidine rings is 1. The van der Waals surface area contributed by atoms with Crippen LogP contribution in [0.3, 0.4) is 0 Å². The van der Waals surface area contributed by atoms with Crippen LogP contribution in [-0.2, 0) is 17.9 Å². The molecule has 1 atom stereocenters. The van der Waals surface area contributed by atoms with E-state index < -0.39 is 0 Å². The van der Waals surface area contributed by atoms with E-state index in [1.807, 2.05) is 6.07 Å². The van der Waals surface area contributed by atoms with Crippen LogP contribution < -0.4 is 5.32 Å². The maximum Gasteiger partial charge on any atom is 0.236 e. The largest absolute Gasteiger partial charge is 0.393 e. The molecule has 2 heterocycles. The van der Waals surface area contributed by atoms with Crippen LogP contribution in [0.1, 0.15) is 43.7 Å². The normalized spacial score (nSPS) is 25.8. The lowest BCUT2D eigenvalue weighted by Gasteiger charge is -2.30. The number of benzene rings is 1. The van der Waals surface area contributed by atoms with Gasteiger partial charge in [-0.2, -0.15) is 0 Å². The van der Waals surface area contributed by atoms with Crippen molar-refractivity contribution in [1.82, 2.24) is 10.2 Å². The topological polar surface area (TPSA) is 52.6 Å². The van der Waals surface area contributed by atoms with Gasteiger partial charge in [-0.3, -0.25) is 9.69 Å². The van der Waals surface area contributed by atoms with Gasteiger partial charge in [0.1, 0.15) is 0 Å². The number of likely N-dealkylation sites (tertiary alicyclic amines) is 1. The maximum absolute atomic E-state index is 12.5. The smallest absolute Gasteiger partial charge is 0.236 e. The molecule has 0 spiro atoms. The maximum atomic E-state index is 12.5. The van der Waals surface area contributed by atoms with E-state index >= 15 is 0 Å². The summed E-state index contributed by atoms with van der Waals surface area (Å²) < 4.78 is -0.252. The molecule has 1 aromatic rings. The Morgan fingerprint density at radius 2 is 2.04 bits per heavy atom. The van der Waals surface area contributed by atoms with E-state index in [1.54, 1.807) is 11.8 Å². The molecular weight excluding hydrogens is 320 g/mol. The van der Waals surface area contributed by atoms with Gasteiger partial charge >= 0.3 is 0 Å². The minimum atomic E-state index is -0.252. The number of amides is 1. The van der Waals surface area contributed by atoms with Crippen LogP contribution in [0.25, 0.3) is 0 Å². The summed E-state index contributed by atoms with van der Waals surface area (Å²) >= 11 is 1.78. The molecular formula is C19H28N2O2S. The SMILES string of the molecule is CC1(C(=O)NCc2ccccc2CN2CCC(O)CC2)CCCS1. The van der Waals surface area contributed by atoms with Crippen LogP contribution in [0.4, 0.5) is 0 Å². The van der Waals surface area contributed by atoms with Gasteiger partial charge in [-0.25, -0.2) is 0 Å². The zero-order valence-electron chi connectivity index (χ0n) is 14.5. The first-order valence-electron chi connectivity index (χ1n) is 8.96. The number of rotatable bonds is 5. The van der Waals surface area contributed by atoms with Gasteiger partial charge in [-0.05, 0) is 49.5 Å². The van der Waals surface area contributed by atoms with Crippen LogP contribution >= 0.6 is 11.8 Å². The quantitative estimate of drug-likeness (QED) is 0.859. The molecule has 0 radical (unpaired) electrons. The van der Waals surface area contributed by atoms with Crippen LogP contribution in [-0.4, -0.2) is 45.6 Å². The minimum Gasteiger partial charge on any atom is -0.393 e. The van der Waals surface area contributed by atoms with Crippen molar-refractivity contribution in [2.45, 2.75) is 56.5 Å². The average molecular weight is 349 g/mol. The Kier molecular flexibility index (Phi) is 5.85. The molecule has 24 heavy (non-hydrogen) atoms. The molecule has 3 rings (SSSR count). The Morgan fingerprint density at radius 1 is 1.33 bits per heavy atom. The summed E-state index contributed by atoms with van der Waals surface area (Å²) in [6.07, 6.45) is 3.68. The fraction of sp³-hybridized carbons (Fsp3) is 0.632. The predicted octanol–water partition coefficient (Wildman–Crippen LogP) is 2.55. The number of nitrogens with zero attached hydrogens (tertiary/aromatic N) is 1. The summed E-state index contributed by atoms with van der Waals surface area (Å²) in [6, 6.07) is 8.36. The molecule has 2 saturated heterocycles. The lowest BCUT2D eigenvalue weighted by Crippen LogP contribution is -2.40. The predicted molar refractivity (Wildman–Crippen MR) is 98.9 cm³/mol. The fourth-order valence-corrected chi connectivity index (χ4v) is 4.75. The zero-order valence-corrected chi connectivity index (χ0v) is 15.3. The highest BCUT2D eigenvalue weighted by molar-refractivity contribution is 8.01. The molecule has 132 valence electrons. The Hall–Kier alpha value is -1.04. The number of aliphatic hydroxyl groups excluding tert-OH is 1. The minimum absolute atomic E-state index is 0.138. The number of aliphatic hydroxyl groups is 1. The number of carbonyl (C=O) groups is 1. The van der Waals surface area contributed by atoms with Crippen molar-refractivity contribution < 1.29 is 9.90 Å². The lowest BCUT2D eigenvalue weighted by atomic mass is 10.0. The molecule has 2 N–H and O–H groups in total. The monoisotopic (exact) mass is 348 g/mol. The molecule has 2 aliphatic heterocycles. The number of nitrogens with one attached hydrogen (secondary N) is 1. The number of carbonyl (C=O) groups excluding carboxylic acids is 1. The molecule has 2 aliphatic rings. The Balaban J connectivity index is 1.58. The highest BCUT2D eigenvalue weighted by atomic mass is 32.2. The van der Waals surface area contributed by atoms with Gasteiger partial charge < -0.3 is 10.4 Å². The third kappa shape index (κ3) is 4.32. The Morgan fingerprint density at radius 3 is 2.71 bits per heavy atom. The number of hydrogen-bond acceptors (Lipinski definition) is 4. The van der Waals surface area contributed by atoms with Crippen LogP contribution in [0.2, 0.25) is 0 Å². The van der Waals surface area contributed by atoms with E-state index in [4.69, 9.17) is 0 Å². The van der Waals surface area contributed by atoms with E-state index in [2.05, 4.69) is 35.3 Å². The van der Waals surface area contributed by atoms with Crippen molar-refractivity contribution in [3.63, 3.8) is 0 Å². The molecule has 5 heteroatoms. The van der Waals surface area contributed by atoms with Crippen molar-refractivity contribution >= 4 is 17.7 Å². The lowest BCUT2D eigenvalue weighted by molar-refractivity contribution is -0.123. The van der Waals surface area contributed by atoms with Gasteiger partial charge in [-0.15, -0.1) is 11.8 Å². The first kappa shape index (κ1) is 17.8. The molecule has 1 amide bonds. The van der Waals surface area contributed by atoms with E-state index in [-0.39, 0.29) is 16.8 Å². The zero-order chi connectivity index (χ0) is 17.0. The molecule has 2 fully saturated rings.